The molecule has 2 fully saturated rings. The lowest BCUT2D eigenvalue weighted by molar-refractivity contribution is 0.343. The number of nitrogens with two attached hydrogens (primary N) is 1. The van der Waals surface area contributed by atoms with Crippen LogP contribution in [0.5, 0.6) is 0 Å². The van der Waals surface area contributed by atoms with Gasteiger partial charge in [0, 0.05) is 19.0 Å². The van der Waals surface area contributed by atoms with Gasteiger partial charge in [-0.05, 0) is 38.3 Å². The topological polar surface area (TPSA) is 41.6 Å². The third kappa shape index (κ3) is 3.70. The predicted molar refractivity (Wildman–Crippen MR) is 73.3 cm³/mol. The highest BCUT2D eigenvalue weighted by molar-refractivity contribution is 5.82. The van der Waals surface area contributed by atoms with Crippen LogP contribution in [0.4, 0.5) is 0 Å². The molecule has 0 spiro atoms. The Bertz CT molecular complexity index is 256. The standard InChI is InChI=1S/C14H27N3/c1-2-17-9-8-12(11-17)10-16-14(15)13-6-4-3-5-7-13/h12-13H,2-11H2,1H3,(H2,15,16). The molecule has 0 aromatic rings. The molecule has 3 nitrogen and oxygen atoms in total. The van der Waals surface area contributed by atoms with Crippen molar-refractivity contribution in [3.05, 3.63) is 0 Å². The van der Waals surface area contributed by atoms with Crippen LogP contribution in [0, 0.1) is 11.8 Å². The summed E-state index contributed by atoms with van der Waals surface area (Å²) in [5.74, 6) is 2.28. The summed E-state index contributed by atoms with van der Waals surface area (Å²) < 4.78 is 0. The fraction of sp³-hybridized carbons (Fsp3) is 0.929. The molecule has 2 rings (SSSR count). The molecule has 1 atom stereocenters. The number of likely N-dealkylation sites (tertiary alicyclic amines) is 1. The van der Waals surface area contributed by atoms with Gasteiger partial charge in [-0.1, -0.05) is 26.2 Å². The van der Waals surface area contributed by atoms with Crippen molar-refractivity contribution in [1.29, 1.82) is 0 Å². The summed E-state index contributed by atoms with van der Waals surface area (Å²) in [4.78, 5) is 7.18. The Labute approximate surface area is 105 Å². The molecule has 2 aliphatic rings. The molecule has 1 heterocycles. The van der Waals surface area contributed by atoms with Gasteiger partial charge in [0.1, 0.15) is 0 Å². The van der Waals surface area contributed by atoms with Gasteiger partial charge in [0.25, 0.3) is 0 Å². The molecule has 0 aromatic heterocycles. The van der Waals surface area contributed by atoms with Crippen molar-refractivity contribution in [3.63, 3.8) is 0 Å². The Kier molecular flexibility index (Phi) is 4.84. The first kappa shape index (κ1) is 12.9. The molecule has 2 N–H and O–H groups in total. The van der Waals surface area contributed by atoms with Gasteiger partial charge in [-0.2, -0.15) is 0 Å². The molecule has 17 heavy (non-hydrogen) atoms. The molecule has 0 bridgehead atoms. The van der Waals surface area contributed by atoms with Crippen molar-refractivity contribution in [2.45, 2.75) is 45.4 Å². The third-order valence-electron chi connectivity index (χ3n) is 4.37. The van der Waals surface area contributed by atoms with E-state index in [0.717, 1.165) is 18.3 Å². The first-order valence-electron chi connectivity index (χ1n) is 7.31. The fourth-order valence-corrected chi connectivity index (χ4v) is 3.11. The van der Waals surface area contributed by atoms with Crippen LogP contribution in [-0.2, 0) is 0 Å². The minimum absolute atomic E-state index is 0.590. The Morgan fingerprint density at radius 3 is 2.65 bits per heavy atom. The van der Waals surface area contributed by atoms with Crippen LogP contribution in [0.3, 0.4) is 0 Å². The summed E-state index contributed by atoms with van der Waals surface area (Å²) in [6.45, 7) is 6.84. The van der Waals surface area contributed by atoms with E-state index in [4.69, 9.17) is 5.73 Å². The number of nitrogens with zero attached hydrogens (tertiary/aromatic N) is 2. The van der Waals surface area contributed by atoms with Crippen molar-refractivity contribution in [2.24, 2.45) is 22.6 Å². The average molecular weight is 237 g/mol. The zero-order valence-electron chi connectivity index (χ0n) is 11.2. The maximum Gasteiger partial charge on any atom is 0.0968 e. The second kappa shape index (κ2) is 6.39. The number of hydrogen-bond acceptors (Lipinski definition) is 2. The summed E-state index contributed by atoms with van der Waals surface area (Å²) in [5.41, 5.74) is 6.13. The van der Waals surface area contributed by atoms with Gasteiger partial charge in [-0.25, -0.2) is 0 Å². The largest absolute Gasteiger partial charge is 0.387 e. The summed E-state index contributed by atoms with van der Waals surface area (Å²) in [7, 11) is 0. The number of hydrogen-bond donors (Lipinski definition) is 1. The van der Waals surface area contributed by atoms with Crippen molar-refractivity contribution < 1.29 is 0 Å². The molecular formula is C14H27N3. The number of amidine groups is 1. The zero-order chi connectivity index (χ0) is 12.1. The van der Waals surface area contributed by atoms with Crippen LogP contribution < -0.4 is 5.73 Å². The molecule has 1 aliphatic carbocycles. The molecule has 3 heteroatoms. The summed E-state index contributed by atoms with van der Waals surface area (Å²) in [6.07, 6.45) is 7.90. The molecule has 98 valence electrons. The SMILES string of the molecule is CCN1CCC(CN=C(N)C2CCCCC2)C1. The minimum Gasteiger partial charge on any atom is -0.387 e. The third-order valence-corrected chi connectivity index (χ3v) is 4.37. The molecule has 1 aliphatic heterocycles. The summed E-state index contributed by atoms with van der Waals surface area (Å²) in [5, 5.41) is 0. The van der Waals surface area contributed by atoms with Crippen molar-refractivity contribution in [1.82, 2.24) is 4.90 Å². The van der Waals surface area contributed by atoms with E-state index in [1.807, 2.05) is 0 Å². The molecule has 1 unspecified atom stereocenters. The Morgan fingerprint density at radius 1 is 1.24 bits per heavy atom. The monoisotopic (exact) mass is 237 g/mol. The van der Waals surface area contributed by atoms with Gasteiger partial charge in [0.15, 0.2) is 0 Å². The zero-order valence-corrected chi connectivity index (χ0v) is 11.2. The minimum atomic E-state index is 0.590. The van der Waals surface area contributed by atoms with Gasteiger partial charge in [-0.3, -0.25) is 4.99 Å². The Morgan fingerprint density at radius 2 is 2.00 bits per heavy atom. The summed E-state index contributed by atoms with van der Waals surface area (Å²) in [6, 6.07) is 0. The Hall–Kier alpha value is -0.570. The van der Waals surface area contributed by atoms with Crippen molar-refractivity contribution in [3.8, 4) is 0 Å². The quantitative estimate of drug-likeness (QED) is 0.602. The lowest BCUT2D eigenvalue weighted by Crippen LogP contribution is -2.27. The molecular weight excluding hydrogens is 210 g/mol. The van der Waals surface area contributed by atoms with E-state index < -0.39 is 0 Å². The van der Waals surface area contributed by atoms with Crippen LogP contribution in [0.1, 0.15) is 45.4 Å². The summed E-state index contributed by atoms with van der Waals surface area (Å²) >= 11 is 0. The van der Waals surface area contributed by atoms with Crippen LogP contribution in [0.2, 0.25) is 0 Å². The highest BCUT2D eigenvalue weighted by atomic mass is 15.1. The number of rotatable bonds is 4. The van der Waals surface area contributed by atoms with E-state index in [1.165, 1.54) is 58.2 Å². The van der Waals surface area contributed by atoms with Crippen molar-refractivity contribution >= 4 is 5.84 Å². The number of aliphatic imine (C=N–C) groups is 1. The van der Waals surface area contributed by atoms with E-state index in [1.54, 1.807) is 0 Å². The van der Waals surface area contributed by atoms with E-state index in [2.05, 4.69) is 16.8 Å². The van der Waals surface area contributed by atoms with Gasteiger partial charge in [0.05, 0.1) is 5.84 Å². The lowest BCUT2D eigenvalue weighted by Gasteiger charge is -2.21. The molecule has 1 saturated carbocycles. The average Bonchev–Trinajstić information content (AvgIpc) is 2.85. The maximum absolute atomic E-state index is 6.13. The first-order chi connectivity index (χ1) is 8.29. The van der Waals surface area contributed by atoms with E-state index in [-0.39, 0.29) is 0 Å². The van der Waals surface area contributed by atoms with E-state index in [0.29, 0.717) is 5.92 Å². The first-order valence-corrected chi connectivity index (χ1v) is 7.31. The van der Waals surface area contributed by atoms with Crippen LogP contribution in [0.15, 0.2) is 4.99 Å². The highest BCUT2D eigenvalue weighted by Crippen LogP contribution is 2.24. The Balaban J connectivity index is 1.75. The second-order valence-corrected chi connectivity index (χ2v) is 5.65. The van der Waals surface area contributed by atoms with Gasteiger partial charge >= 0.3 is 0 Å². The molecule has 1 saturated heterocycles. The van der Waals surface area contributed by atoms with Crippen LogP contribution in [0.25, 0.3) is 0 Å². The molecule has 0 aromatic carbocycles. The smallest absolute Gasteiger partial charge is 0.0968 e. The van der Waals surface area contributed by atoms with Crippen molar-refractivity contribution in [2.75, 3.05) is 26.2 Å². The van der Waals surface area contributed by atoms with Crippen LogP contribution in [-0.4, -0.2) is 36.9 Å². The molecule has 0 radical (unpaired) electrons. The molecule has 0 amide bonds. The fourth-order valence-electron chi connectivity index (χ4n) is 3.11. The van der Waals surface area contributed by atoms with Gasteiger partial charge < -0.3 is 10.6 Å². The van der Waals surface area contributed by atoms with E-state index in [9.17, 15) is 0 Å². The lowest BCUT2D eigenvalue weighted by atomic mass is 9.88. The van der Waals surface area contributed by atoms with Gasteiger partial charge in [0.2, 0.25) is 0 Å². The normalized spacial score (nSPS) is 28.8. The predicted octanol–water partition coefficient (Wildman–Crippen LogP) is 2.27. The van der Waals surface area contributed by atoms with Crippen LogP contribution >= 0.6 is 0 Å². The maximum atomic E-state index is 6.13. The van der Waals surface area contributed by atoms with Gasteiger partial charge in [-0.15, -0.1) is 0 Å². The van der Waals surface area contributed by atoms with E-state index >= 15 is 0 Å². The highest BCUT2D eigenvalue weighted by Gasteiger charge is 2.22. The second-order valence-electron chi connectivity index (χ2n) is 5.65.